The Bertz CT molecular complexity index is 369. The zero-order valence-electron chi connectivity index (χ0n) is 13.4. The molecule has 0 spiro atoms. The Balaban J connectivity index is 5.05. The second-order valence-corrected chi connectivity index (χ2v) is 11.4. The standard InChI is InChI=1S/C16H28O2Si/c1-9-13(2)12-14(3)15(10-11-17)18-19(7,8)16(4,5)6/h1,11-12,14-15H,10H2,2-8H3/t14-,15-/m0/s1. The fourth-order valence-corrected chi connectivity index (χ4v) is 2.99. The lowest BCUT2D eigenvalue weighted by Crippen LogP contribution is -2.45. The highest BCUT2D eigenvalue weighted by molar-refractivity contribution is 6.74. The molecule has 0 rings (SSSR count). The van der Waals surface area contributed by atoms with E-state index >= 15 is 0 Å². The van der Waals surface area contributed by atoms with Crippen LogP contribution in [0.5, 0.6) is 0 Å². The molecule has 0 heterocycles. The molecule has 0 saturated carbocycles. The molecule has 3 heteroatoms. The Morgan fingerprint density at radius 3 is 2.32 bits per heavy atom. The number of allylic oxidation sites excluding steroid dienone is 1. The first-order valence-corrected chi connectivity index (χ1v) is 9.72. The third-order valence-electron chi connectivity index (χ3n) is 3.91. The first-order valence-electron chi connectivity index (χ1n) is 6.81. The van der Waals surface area contributed by atoms with E-state index in [-0.39, 0.29) is 17.1 Å². The van der Waals surface area contributed by atoms with Crippen molar-refractivity contribution in [2.24, 2.45) is 5.92 Å². The summed E-state index contributed by atoms with van der Waals surface area (Å²) in [5, 5.41) is 0.138. The lowest BCUT2D eigenvalue weighted by molar-refractivity contribution is -0.109. The van der Waals surface area contributed by atoms with Crippen molar-refractivity contribution >= 4 is 14.6 Å². The lowest BCUT2D eigenvalue weighted by atomic mass is 10.00. The van der Waals surface area contributed by atoms with Gasteiger partial charge in [0.05, 0.1) is 6.10 Å². The summed E-state index contributed by atoms with van der Waals surface area (Å²) in [7, 11) is -1.87. The van der Waals surface area contributed by atoms with Crippen LogP contribution in [0.1, 0.15) is 41.0 Å². The van der Waals surface area contributed by atoms with Crippen LogP contribution in [0.25, 0.3) is 0 Å². The average Bonchev–Trinajstić information content (AvgIpc) is 2.26. The van der Waals surface area contributed by atoms with Gasteiger partial charge in [-0.25, -0.2) is 0 Å². The molecule has 0 aliphatic rings. The molecular weight excluding hydrogens is 252 g/mol. The third kappa shape index (κ3) is 5.75. The first kappa shape index (κ1) is 18.1. The Labute approximate surface area is 119 Å². The Hall–Kier alpha value is -0.853. The highest BCUT2D eigenvalue weighted by Gasteiger charge is 2.39. The van der Waals surface area contributed by atoms with Crippen molar-refractivity contribution in [1.29, 1.82) is 0 Å². The van der Waals surface area contributed by atoms with Crippen molar-refractivity contribution < 1.29 is 9.22 Å². The molecule has 0 aliphatic carbocycles. The highest BCUT2D eigenvalue weighted by atomic mass is 28.4. The van der Waals surface area contributed by atoms with Gasteiger partial charge in [-0.05, 0) is 30.6 Å². The minimum absolute atomic E-state index is 0.0818. The number of carbonyl (C=O) groups is 1. The van der Waals surface area contributed by atoms with Gasteiger partial charge in [0.1, 0.15) is 6.29 Å². The maximum absolute atomic E-state index is 10.9. The predicted octanol–water partition coefficient (Wildman–Crippen LogP) is 4.18. The summed E-state index contributed by atoms with van der Waals surface area (Å²) >= 11 is 0. The monoisotopic (exact) mass is 280 g/mol. The molecule has 0 aromatic rings. The van der Waals surface area contributed by atoms with E-state index in [1.165, 1.54) is 0 Å². The Morgan fingerprint density at radius 2 is 1.95 bits per heavy atom. The van der Waals surface area contributed by atoms with Gasteiger partial charge in [-0.1, -0.05) is 39.7 Å². The summed E-state index contributed by atoms with van der Waals surface area (Å²) in [5.41, 5.74) is 0.891. The molecule has 0 aromatic carbocycles. The van der Waals surface area contributed by atoms with E-state index in [4.69, 9.17) is 10.8 Å². The van der Waals surface area contributed by atoms with Gasteiger partial charge >= 0.3 is 0 Å². The molecule has 2 atom stereocenters. The van der Waals surface area contributed by atoms with E-state index in [1.54, 1.807) is 0 Å². The van der Waals surface area contributed by atoms with Crippen molar-refractivity contribution in [2.75, 3.05) is 0 Å². The smallest absolute Gasteiger partial charge is 0.192 e. The van der Waals surface area contributed by atoms with Gasteiger partial charge in [0.15, 0.2) is 8.32 Å². The van der Waals surface area contributed by atoms with Crippen molar-refractivity contribution in [3.05, 3.63) is 11.6 Å². The first-order chi connectivity index (χ1) is 8.55. The number of hydrogen-bond acceptors (Lipinski definition) is 2. The van der Waals surface area contributed by atoms with Gasteiger partial charge in [-0.3, -0.25) is 0 Å². The molecule has 19 heavy (non-hydrogen) atoms. The molecule has 0 aromatic heterocycles. The fourth-order valence-electron chi connectivity index (χ4n) is 1.57. The summed E-state index contributed by atoms with van der Waals surface area (Å²) in [4.78, 5) is 10.9. The largest absolute Gasteiger partial charge is 0.413 e. The van der Waals surface area contributed by atoms with Gasteiger partial charge in [0.2, 0.25) is 0 Å². The summed E-state index contributed by atoms with van der Waals surface area (Å²) in [6.45, 7) is 15.0. The van der Waals surface area contributed by atoms with Gasteiger partial charge in [0, 0.05) is 12.3 Å². The van der Waals surface area contributed by atoms with Crippen molar-refractivity contribution in [3.8, 4) is 12.3 Å². The minimum Gasteiger partial charge on any atom is -0.413 e. The number of terminal acetylenes is 1. The van der Waals surface area contributed by atoms with Crippen LogP contribution >= 0.6 is 0 Å². The van der Waals surface area contributed by atoms with Crippen LogP contribution in [0.15, 0.2) is 11.6 Å². The second-order valence-electron chi connectivity index (χ2n) is 6.67. The second kappa shape index (κ2) is 7.07. The normalized spacial score (nSPS) is 16.6. The molecule has 0 saturated heterocycles. The van der Waals surface area contributed by atoms with Crippen LogP contribution in [0, 0.1) is 18.3 Å². The molecule has 0 fully saturated rings. The van der Waals surface area contributed by atoms with Gasteiger partial charge in [0.25, 0.3) is 0 Å². The zero-order valence-corrected chi connectivity index (χ0v) is 14.4. The summed E-state index contributed by atoms with van der Waals surface area (Å²) in [5.74, 6) is 2.76. The van der Waals surface area contributed by atoms with E-state index in [1.807, 2.05) is 13.0 Å². The number of aldehydes is 1. The van der Waals surface area contributed by atoms with Crippen LogP contribution in [0.3, 0.4) is 0 Å². The predicted molar refractivity (Wildman–Crippen MR) is 84.5 cm³/mol. The zero-order chi connectivity index (χ0) is 15.3. The van der Waals surface area contributed by atoms with E-state index in [0.717, 1.165) is 11.9 Å². The third-order valence-corrected chi connectivity index (χ3v) is 8.41. The van der Waals surface area contributed by atoms with E-state index in [2.05, 4.69) is 46.7 Å². The maximum Gasteiger partial charge on any atom is 0.192 e. The minimum atomic E-state index is -1.87. The number of rotatable bonds is 6. The molecule has 108 valence electrons. The number of carbonyl (C=O) groups excluding carboxylic acids is 1. The highest BCUT2D eigenvalue weighted by Crippen LogP contribution is 2.38. The fraction of sp³-hybridized carbons (Fsp3) is 0.688. The molecule has 0 unspecified atom stereocenters. The van der Waals surface area contributed by atoms with Crippen LogP contribution in [0.2, 0.25) is 18.1 Å². The van der Waals surface area contributed by atoms with E-state index in [9.17, 15) is 4.79 Å². The molecule has 0 N–H and O–H groups in total. The summed E-state index contributed by atoms with van der Waals surface area (Å²) in [6, 6.07) is 0. The SMILES string of the molecule is C#CC(C)=C[C@H](C)[C@H](CC=O)O[Si](C)(C)C(C)(C)C. The molecule has 0 radical (unpaired) electrons. The van der Waals surface area contributed by atoms with Crippen LogP contribution in [-0.2, 0) is 9.22 Å². The Kier molecular flexibility index (Phi) is 6.75. The lowest BCUT2D eigenvalue weighted by Gasteiger charge is -2.40. The number of hydrogen-bond donors (Lipinski definition) is 0. The average molecular weight is 280 g/mol. The van der Waals surface area contributed by atoms with Crippen molar-refractivity contribution in [1.82, 2.24) is 0 Å². The van der Waals surface area contributed by atoms with Gasteiger partial charge < -0.3 is 9.22 Å². The topological polar surface area (TPSA) is 26.3 Å². The van der Waals surface area contributed by atoms with Crippen molar-refractivity contribution in [3.63, 3.8) is 0 Å². The van der Waals surface area contributed by atoms with Gasteiger partial charge in [-0.15, -0.1) is 6.42 Å². The van der Waals surface area contributed by atoms with E-state index < -0.39 is 8.32 Å². The van der Waals surface area contributed by atoms with Gasteiger partial charge in [-0.2, -0.15) is 0 Å². The van der Waals surface area contributed by atoms with Crippen LogP contribution in [-0.4, -0.2) is 20.7 Å². The van der Waals surface area contributed by atoms with Crippen LogP contribution in [0.4, 0.5) is 0 Å². The van der Waals surface area contributed by atoms with E-state index in [0.29, 0.717) is 6.42 Å². The summed E-state index contributed by atoms with van der Waals surface area (Å²) < 4.78 is 6.34. The molecule has 2 nitrogen and oxygen atoms in total. The molecule has 0 aliphatic heterocycles. The quantitative estimate of drug-likeness (QED) is 0.414. The van der Waals surface area contributed by atoms with Crippen LogP contribution < -0.4 is 0 Å². The molecule has 0 bridgehead atoms. The maximum atomic E-state index is 10.9. The molecular formula is C16H28O2Si. The summed E-state index contributed by atoms with van der Waals surface area (Å²) in [6.07, 6.45) is 8.66. The van der Waals surface area contributed by atoms with Crippen molar-refractivity contribution in [2.45, 2.75) is 65.3 Å². The Morgan fingerprint density at radius 1 is 1.42 bits per heavy atom. The molecule has 0 amide bonds.